The minimum atomic E-state index is -0.0382. The summed E-state index contributed by atoms with van der Waals surface area (Å²) in [6, 6.07) is 10.0. The van der Waals surface area contributed by atoms with Crippen LogP contribution < -0.4 is 5.32 Å². The van der Waals surface area contributed by atoms with E-state index in [0.717, 1.165) is 59.7 Å². The van der Waals surface area contributed by atoms with Crippen LogP contribution in [0.4, 0.5) is 10.5 Å². The second kappa shape index (κ2) is 7.62. The number of benzene rings is 1. The van der Waals surface area contributed by atoms with Gasteiger partial charge in [-0.1, -0.05) is 13.0 Å². The van der Waals surface area contributed by atoms with Crippen molar-refractivity contribution in [1.82, 2.24) is 19.4 Å². The topological polar surface area (TPSA) is 63.1 Å². The van der Waals surface area contributed by atoms with Gasteiger partial charge in [0.15, 0.2) is 5.65 Å². The maximum absolute atomic E-state index is 12.8. The Morgan fingerprint density at radius 2 is 2.04 bits per heavy atom. The molecule has 3 aromatic rings. The molecular formula is C22H27N5O. The number of likely N-dealkylation sites (tertiary alicyclic amines) is 1. The predicted molar refractivity (Wildman–Crippen MR) is 112 cm³/mol. The normalized spacial score (nSPS) is 16.7. The van der Waals surface area contributed by atoms with Crippen molar-refractivity contribution in [1.29, 1.82) is 0 Å². The first-order valence-electron chi connectivity index (χ1n) is 10.0. The van der Waals surface area contributed by atoms with Crippen molar-refractivity contribution < 1.29 is 4.79 Å². The minimum absolute atomic E-state index is 0.0382. The molecule has 0 spiro atoms. The van der Waals surface area contributed by atoms with Gasteiger partial charge in [0.2, 0.25) is 0 Å². The molecule has 6 nitrogen and oxygen atoms in total. The van der Waals surface area contributed by atoms with Crippen LogP contribution in [0.15, 0.2) is 36.5 Å². The quantitative estimate of drug-likeness (QED) is 0.729. The fourth-order valence-electron chi connectivity index (χ4n) is 4.14. The van der Waals surface area contributed by atoms with E-state index in [4.69, 9.17) is 4.98 Å². The van der Waals surface area contributed by atoms with Crippen LogP contribution >= 0.6 is 0 Å². The summed E-state index contributed by atoms with van der Waals surface area (Å²) in [6.45, 7) is 8.57. The average Bonchev–Trinajstić information content (AvgIpc) is 3.26. The Morgan fingerprint density at radius 1 is 1.25 bits per heavy atom. The van der Waals surface area contributed by atoms with Gasteiger partial charge >= 0.3 is 6.03 Å². The molecule has 1 N–H and O–H groups in total. The lowest BCUT2D eigenvalue weighted by atomic mass is 10.1. The highest BCUT2D eigenvalue weighted by atomic mass is 16.2. The smallest absolute Gasteiger partial charge is 0.321 e. The Kier molecular flexibility index (Phi) is 5.03. The maximum atomic E-state index is 12.8. The van der Waals surface area contributed by atoms with Crippen molar-refractivity contribution >= 4 is 22.9 Å². The molecule has 28 heavy (non-hydrogen) atoms. The first-order chi connectivity index (χ1) is 13.5. The lowest BCUT2D eigenvalue weighted by molar-refractivity contribution is 0.222. The lowest BCUT2D eigenvalue weighted by Crippen LogP contribution is -2.33. The standard InChI is InChI=1S/C22H27N5O/c1-4-9-27-20(25-19-6-5-8-23-21(19)27)17-7-10-26(14-17)22(28)24-18-12-15(2)11-16(3)13-18/h5-6,8,11-13,17H,4,7,9-10,14H2,1-3H3,(H,24,28)/t17-/m1/s1. The number of hydrogen-bond donors (Lipinski definition) is 1. The van der Waals surface area contributed by atoms with Crippen molar-refractivity contribution in [2.75, 3.05) is 18.4 Å². The largest absolute Gasteiger partial charge is 0.324 e. The number of carbonyl (C=O) groups is 1. The van der Waals surface area contributed by atoms with Gasteiger partial charge in [0.25, 0.3) is 0 Å². The van der Waals surface area contributed by atoms with Crippen molar-refractivity contribution in [2.45, 2.75) is 46.1 Å². The van der Waals surface area contributed by atoms with Crippen LogP contribution in [0.25, 0.3) is 11.2 Å². The van der Waals surface area contributed by atoms with Gasteiger partial charge in [0, 0.05) is 37.4 Å². The van der Waals surface area contributed by atoms with Gasteiger partial charge in [-0.3, -0.25) is 0 Å². The number of nitrogens with zero attached hydrogens (tertiary/aromatic N) is 4. The molecule has 6 heteroatoms. The van der Waals surface area contributed by atoms with Crippen LogP contribution in [0.2, 0.25) is 0 Å². The Morgan fingerprint density at radius 3 is 2.79 bits per heavy atom. The third-order valence-electron chi connectivity index (χ3n) is 5.29. The molecule has 1 aliphatic heterocycles. The minimum Gasteiger partial charge on any atom is -0.324 e. The number of carbonyl (C=O) groups excluding carboxylic acids is 1. The van der Waals surface area contributed by atoms with Gasteiger partial charge in [0.1, 0.15) is 11.3 Å². The highest BCUT2D eigenvalue weighted by molar-refractivity contribution is 5.89. The first-order valence-corrected chi connectivity index (χ1v) is 10.0. The number of anilines is 1. The summed E-state index contributed by atoms with van der Waals surface area (Å²) < 4.78 is 2.23. The molecule has 2 aromatic heterocycles. The van der Waals surface area contributed by atoms with Crippen molar-refractivity contribution in [2.24, 2.45) is 0 Å². The summed E-state index contributed by atoms with van der Waals surface area (Å²) in [6.07, 6.45) is 3.77. The number of aryl methyl sites for hydroxylation is 3. The molecule has 0 bridgehead atoms. The van der Waals surface area contributed by atoms with Crippen molar-refractivity contribution in [3.63, 3.8) is 0 Å². The molecule has 1 fully saturated rings. The molecule has 3 heterocycles. The van der Waals surface area contributed by atoms with Crippen LogP contribution in [0, 0.1) is 13.8 Å². The average molecular weight is 377 g/mol. The summed E-state index contributed by atoms with van der Waals surface area (Å²) in [5.41, 5.74) is 5.03. The predicted octanol–water partition coefficient (Wildman–Crippen LogP) is 4.48. The van der Waals surface area contributed by atoms with E-state index in [1.54, 1.807) is 0 Å². The third kappa shape index (κ3) is 3.59. The third-order valence-corrected chi connectivity index (χ3v) is 5.29. The van der Waals surface area contributed by atoms with E-state index in [2.05, 4.69) is 27.9 Å². The Balaban J connectivity index is 1.51. The zero-order chi connectivity index (χ0) is 19.7. The number of aromatic nitrogens is 3. The van der Waals surface area contributed by atoms with E-state index in [1.807, 2.05) is 49.2 Å². The van der Waals surface area contributed by atoms with Crippen LogP contribution in [-0.2, 0) is 6.54 Å². The number of imidazole rings is 1. The summed E-state index contributed by atoms with van der Waals surface area (Å²) in [5.74, 6) is 1.29. The summed E-state index contributed by atoms with van der Waals surface area (Å²) in [5, 5.41) is 3.05. The zero-order valence-electron chi connectivity index (χ0n) is 16.8. The van der Waals surface area contributed by atoms with Crippen LogP contribution in [-0.4, -0.2) is 38.6 Å². The molecule has 0 unspecified atom stereocenters. The highest BCUT2D eigenvalue weighted by Gasteiger charge is 2.31. The van der Waals surface area contributed by atoms with E-state index in [1.165, 1.54) is 0 Å². The molecule has 0 aliphatic carbocycles. The van der Waals surface area contributed by atoms with Gasteiger partial charge in [-0.15, -0.1) is 0 Å². The Labute approximate surface area is 165 Å². The number of nitrogens with one attached hydrogen (secondary N) is 1. The molecule has 1 aromatic carbocycles. The van der Waals surface area contributed by atoms with E-state index < -0.39 is 0 Å². The summed E-state index contributed by atoms with van der Waals surface area (Å²) in [4.78, 5) is 24.0. The van der Waals surface area contributed by atoms with Crippen LogP contribution in [0.3, 0.4) is 0 Å². The fourth-order valence-corrected chi connectivity index (χ4v) is 4.14. The van der Waals surface area contributed by atoms with Gasteiger partial charge in [0.05, 0.1) is 0 Å². The number of fused-ring (bicyclic) bond motifs is 1. The molecule has 0 saturated carbocycles. The number of hydrogen-bond acceptors (Lipinski definition) is 3. The van der Waals surface area contributed by atoms with E-state index in [0.29, 0.717) is 6.54 Å². The maximum Gasteiger partial charge on any atom is 0.321 e. The van der Waals surface area contributed by atoms with Gasteiger partial charge in [-0.05, 0) is 62.1 Å². The summed E-state index contributed by atoms with van der Waals surface area (Å²) >= 11 is 0. The van der Waals surface area contributed by atoms with Crippen molar-refractivity contribution in [3.8, 4) is 0 Å². The van der Waals surface area contributed by atoms with Crippen LogP contribution in [0.1, 0.15) is 42.6 Å². The van der Waals surface area contributed by atoms with Gasteiger partial charge < -0.3 is 14.8 Å². The number of amides is 2. The SMILES string of the molecule is CCCn1c([C@@H]2CCN(C(=O)Nc3cc(C)cc(C)c3)C2)nc2cccnc21. The van der Waals surface area contributed by atoms with Crippen molar-refractivity contribution in [3.05, 3.63) is 53.5 Å². The number of urea groups is 1. The monoisotopic (exact) mass is 377 g/mol. The molecule has 2 amide bonds. The molecule has 146 valence electrons. The zero-order valence-corrected chi connectivity index (χ0v) is 16.8. The number of pyridine rings is 1. The molecule has 0 radical (unpaired) electrons. The molecular weight excluding hydrogens is 350 g/mol. The Hall–Kier alpha value is -2.89. The Bertz CT molecular complexity index is 989. The molecule has 4 rings (SSSR count). The van der Waals surface area contributed by atoms with Crippen LogP contribution in [0.5, 0.6) is 0 Å². The van der Waals surface area contributed by atoms with Gasteiger partial charge in [-0.25, -0.2) is 14.8 Å². The highest BCUT2D eigenvalue weighted by Crippen LogP contribution is 2.29. The second-order valence-electron chi connectivity index (χ2n) is 7.71. The summed E-state index contributed by atoms with van der Waals surface area (Å²) in [7, 11) is 0. The van der Waals surface area contributed by atoms with E-state index >= 15 is 0 Å². The van der Waals surface area contributed by atoms with Gasteiger partial charge in [-0.2, -0.15) is 0 Å². The molecule has 1 aliphatic rings. The van der Waals surface area contributed by atoms with E-state index in [-0.39, 0.29) is 11.9 Å². The molecule has 1 atom stereocenters. The second-order valence-corrected chi connectivity index (χ2v) is 7.71. The molecule has 1 saturated heterocycles. The lowest BCUT2D eigenvalue weighted by Gasteiger charge is -2.18. The first kappa shape index (κ1) is 18.5. The number of rotatable bonds is 4. The fraction of sp³-hybridized carbons (Fsp3) is 0.409. The van der Waals surface area contributed by atoms with E-state index in [9.17, 15) is 4.79 Å².